The van der Waals surface area contributed by atoms with Crippen molar-refractivity contribution >= 4 is 33.6 Å². The number of hydrogen-bond donors (Lipinski definition) is 2. The standard InChI is InChI=1S/C14H15BrN2O3/c1-9-3-2-6-17(8-9)14(20)16-10-4-5-12(15)11(7-10)13(18)19/h3-5,7H,2,6,8H2,1H3,(H,16,20)(H,18,19). The zero-order valence-electron chi connectivity index (χ0n) is 11.0. The number of aromatic carboxylic acids is 1. The van der Waals surface area contributed by atoms with E-state index in [4.69, 9.17) is 5.11 Å². The van der Waals surface area contributed by atoms with Gasteiger partial charge in [0, 0.05) is 23.2 Å². The molecule has 1 heterocycles. The minimum absolute atomic E-state index is 0.123. The molecule has 0 aliphatic carbocycles. The van der Waals surface area contributed by atoms with Crippen LogP contribution in [0.5, 0.6) is 0 Å². The molecular weight excluding hydrogens is 324 g/mol. The Morgan fingerprint density at radius 1 is 1.40 bits per heavy atom. The van der Waals surface area contributed by atoms with Gasteiger partial charge < -0.3 is 15.3 Å². The maximum atomic E-state index is 12.1. The third kappa shape index (κ3) is 3.39. The van der Waals surface area contributed by atoms with E-state index >= 15 is 0 Å². The summed E-state index contributed by atoms with van der Waals surface area (Å²) in [5.41, 5.74) is 1.76. The van der Waals surface area contributed by atoms with Crippen LogP contribution in [-0.2, 0) is 0 Å². The lowest BCUT2D eigenvalue weighted by Crippen LogP contribution is -2.38. The number of hydrogen-bond acceptors (Lipinski definition) is 2. The van der Waals surface area contributed by atoms with Gasteiger partial charge in [-0.2, -0.15) is 0 Å². The molecule has 1 aliphatic rings. The average Bonchev–Trinajstić information content (AvgIpc) is 2.40. The Hall–Kier alpha value is -1.82. The Labute approximate surface area is 125 Å². The molecule has 2 rings (SSSR count). The monoisotopic (exact) mass is 338 g/mol. The van der Waals surface area contributed by atoms with Gasteiger partial charge in [0.15, 0.2) is 0 Å². The quantitative estimate of drug-likeness (QED) is 0.812. The maximum Gasteiger partial charge on any atom is 0.336 e. The summed E-state index contributed by atoms with van der Waals surface area (Å²) in [4.78, 5) is 24.9. The summed E-state index contributed by atoms with van der Waals surface area (Å²) in [6.45, 7) is 3.27. The number of anilines is 1. The number of carbonyl (C=O) groups excluding carboxylic acids is 1. The van der Waals surface area contributed by atoms with Crippen LogP contribution in [-0.4, -0.2) is 35.1 Å². The van der Waals surface area contributed by atoms with E-state index in [0.717, 1.165) is 12.0 Å². The van der Waals surface area contributed by atoms with Crippen molar-refractivity contribution in [1.29, 1.82) is 0 Å². The first-order chi connectivity index (χ1) is 9.47. The number of carboxylic acids is 1. The molecule has 1 aromatic carbocycles. The van der Waals surface area contributed by atoms with Crippen LogP contribution in [0.2, 0.25) is 0 Å². The summed E-state index contributed by atoms with van der Waals surface area (Å²) in [6.07, 6.45) is 2.96. The topological polar surface area (TPSA) is 69.6 Å². The second-order valence-electron chi connectivity index (χ2n) is 4.69. The van der Waals surface area contributed by atoms with Gasteiger partial charge in [0.2, 0.25) is 0 Å². The van der Waals surface area contributed by atoms with Gasteiger partial charge in [-0.1, -0.05) is 11.6 Å². The molecule has 2 amide bonds. The van der Waals surface area contributed by atoms with Gasteiger partial charge in [-0.25, -0.2) is 9.59 Å². The van der Waals surface area contributed by atoms with E-state index in [2.05, 4.69) is 27.3 Å². The molecular formula is C14H15BrN2O3. The van der Waals surface area contributed by atoms with E-state index < -0.39 is 5.97 Å². The van der Waals surface area contributed by atoms with Crippen LogP contribution in [0.15, 0.2) is 34.3 Å². The molecule has 106 valence electrons. The summed E-state index contributed by atoms with van der Waals surface area (Å²) < 4.78 is 0.486. The van der Waals surface area contributed by atoms with Crippen molar-refractivity contribution < 1.29 is 14.7 Å². The minimum Gasteiger partial charge on any atom is -0.478 e. The lowest BCUT2D eigenvalue weighted by molar-refractivity contribution is 0.0696. The average molecular weight is 339 g/mol. The molecule has 0 bridgehead atoms. The highest BCUT2D eigenvalue weighted by Crippen LogP contribution is 2.21. The van der Waals surface area contributed by atoms with Crippen molar-refractivity contribution in [3.05, 3.63) is 39.9 Å². The van der Waals surface area contributed by atoms with Crippen LogP contribution < -0.4 is 5.32 Å². The van der Waals surface area contributed by atoms with Gasteiger partial charge in [0.25, 0.3) is 0 Å². The van der Waals surface area contributed by atoms with Crippen LogP contribution in [0.25, 0.3) is 0 Å². The van der Waals surface area contributed by atoms with E-state index in [-0.39, 0.29) is 11.6 Å². The normalized spacial score (nSPS) is 14.7. The first kappa shape index (κ1) is 14.6. The molecule has 0 aromatic heterocycles. The molecule has 1 aromatic rings. The van der Waals surface area contributed by atoms with Crippen molar-refractivity contribution in [2.45, 2.75) is 13.3 Å². The molecule has 0 saturated carbocycles. The molecule has 6 heteroatoms. The van der Waals surface area contributed by atoms with E-state index in [1.54, 1.807) is 17.0 Å². The van der Waals surface area contributed by atoms with Crippen molar-refractivity contribution in [2.75, 3.05) is 18.4 Å². The number of carbonyl (C=O) groups is 2. The van der Waals surface area contributed by atoms with Crippen molar-refractivity contribution in [3.8, 4) is 0 Å². The maximum absolute atomic E-state index is 12.1. The van der Waals surface area contributed by atoms with Gasteiger partial charge >= 0.3 is 12.0 Å². The molecule has 1 aliphatic heterocycles. The fraction of sp³-hybridized carbons (Fsp3) is 0.286. The first-order valence-electron chi connectivity index (χ1n) is 6.22. The van der Waals surface area contributed by atoms with Crippen molar-refractivity contribution in [3.63, 3.8) is 0 Å². The Kier molecular flexibility index (Phi) is 4.44. The van der Waals surface area contributed by atoms with Gasteiger partial charge in [-0.3, -0.25) is 0 Å². The van der Waals surface area contributed by atoms with Crippen LogP contribution in [0.4, 0.5) is 10.5 Å². The Bertz CT molecular complexity index is 584. The van der Waals surface area contributed by atoms with Crippen LogP contribution in [0.3, 0.4) is 0 Å². The van der Waals surface area contributed by atoms with Crippen molar-refractivity contribution in [1.82, 2.24) is 4.90 Å². The summed E-state index contributed by atoms with van der Waals surface area (Å²) >= 11 is 3.17. The fourth-order valence-corrected chi connectivity index (χ4v) is 2.47. The Balaban J connectivity index is 2.10. The molecule has 0 radical (unpaired) electrons. The van der Waals surface area contributed by atoms with Crippen LogP contribution >= 0.6 is 15.9 Å². The highest BCUT2D eigenvalue weighted by molar-refractivity contribution is 9.10. The van der Waals surface area contributed by atoms with E-state index in [1.807, 2.05) is 6.92 Å². The molecule has 0 atom stereocenters. The molecule has 5 nitrogen and oxygen atoms in total. The number of urea groups is 1. The number of rotatable bonds is 2. The molecule has 2 N–H and O–H groups in total. The highest BCUT2D eigenvalue weighted by Gasteiger charge is 2.17. The van der Waals surface area contributed by atoms with Crippen molar-refractivity contribution in [2.24, 2.45) is 0 Å². The minimum atomic E-state index is -1.04. The smallest absolute Gasteiger partial charge is 0.336 e. The number of amides is 2. The predicted octanol–water partition coefficient (Wildman–Crippen LogP) is 3.33. The molecule has 0 spiro atoms. The predicted molar refractivity (Wildman–Crippen MR) is 80.1 cm³/mol. The van der Waals surface area contributed by atoms with E-state index in [1.165, 1.54) is 6.07 Å². The SMILES string of the molecule is CC1=CCCN(C(=O)Nc2ccc(Br)c(C(=O)O)c2)C1. The third-order valence-electron chi connectivity index (χ3n) is 3.07. The lowest BCUT2D eigenvalue weighted by Gasteiger charge is -2.26. The number of halogens is 1. The number of benzene rings is 1. The summed E-state index contributed by atoms with van der Waals surface area (Å²) in [5, 5.41) is 11.8. The van der Waals surface area contributed by atoms with Crippen LogP contribution in [0, 0.1) is 0 Å². The number of nitrogens with zero attached hydrogens (tertiary/aromatic N) is 1. The fourth-order valence-electron chi connectivity index (χ4n) is 2.05. The second-order valence-corrected chi connectivity index (χ2v) is 5.54. The third-order valence-corrected chi connectivity index (χ3v) is 3.76. The first-order valence-corrected chi connectivity index (χ1v) is 7.01. The Morgan fingerprint density at radius 3 is 2.80 bits per heavy atom. The van der Waals surface area contributed by atoms with Gasteiger partial charge in [0.05, 0.1) is 5.56 Å². The second kappa shape index (κ2) is 6.09. The Morgan fingerprint density at radius 2 is 2.15 bits per heavy atom. The van der Waals surface area contributed by atoms with Gasteiger partial charge in [-0.05, 0) is 47.5 Å². The van der Waals surface area contributed by atoms with Gasteiger partial charge in [-0.15, -0.1) is 0 Å². The lowest BCUT2D eigenvalue weighted by atomic mass is 10.1. The number of carboxylic acid groups (broad SMARTS) is 1. The molecule has 0 fully saturated rings. The largest absolute Gasteiger partial charge is 0.478 e. The molecule has 20 heavy (non-hydrogen) atoms. The van der Waals surface area contributed by atoms with Crippen LogP contribution in [0.1, 0.15) is 23.7 Å². The van der Waals surface area contributed by atoms with E-state index in [0.29, 0.717) is 23.2 Å². The van der Waals surface area contributed by atoms with Gasteiger partial charge in [0.1, 0.15) is 0 Å². The van der Waals surface area contributed by atoms with E-state index in [9.17, 15) is 9.59 Å². The zero-order chi connectivity index (χ0) is 14.7. The summed E-state index contributed by atoms with van der Waals surface area (Å²) in [7, 11) is 0. The molecule has 0 saturated heterocycles. The number of nitrogens with one attached hydrogen (secondary N) is 1. The molecule has 0 unspecified atom stereocenters. The summed E-state index contributed by atoms with van der Waals surface area (Å²) in [5.74, 6) is -1.04. The zero-order valence-corrected chi connectivity index (χ0v) is 12.6. The summed E-state index contributed by atoms with van der Waals surface area (Å²) in [6, 6.07) is 4.51. The highest BCUT2D eigenvalue weighted by atomic mass is 79.9.